The highest BCUT2D eigenvalue weighted by Crippen LogP contribution is 2.29. The molecule has 0 aliphatic heterocycles. The lowest BCUT2D eigenvalue weighted by atomic mass is 10.0. The van der Waals surface area contributed by atoms with Crippen LogP contribution in [0.15, 0.2) is 27.6 Å². The molecule has 1 aliphatic carbocycles. The summed E-state index contributed by atoms with van der Waals surface area (Å²) in [6, 6.07) is 3.79. The highest BCUT2D eigenvalue weighted by Gasteiger charge is 2.32. The molecule has 1 aromatic carbocycles. The largest absolute Gasteiger partial charge is 0.478 e. The molecule has 1 fully saturated rings. The second kappa shape index (κ2) is 6.04. The molecule has 1 saturated carbocycles. The number of sulfonamides is 1. The summed E-state index contributed by atoms with van der Waals surface area (Å²) in [6.07, 6.45) is 2.88. The first-order valence-corrected chi connectivity index (χ1v) is 8.76. The summed E-state index contributed by atoms with van der Waals surface area (Å²) in [5.74, 6) is -1.21. The van der Waals surface area contributed by atoms with Gasteiger partial charge < -0.3 is 10.2 Å². The van der Waals surface area contributed by atoms with E-state index in [9.17, 15) is 18.3 Å². The van der Waals surface area contributed by atoms with Gasteiger partial charge in [-0.05, 0) is 47.0 Å². The summed E-state index contributed by atoms with van der Waals surface area (Å²) in [7, 11) is -3.85. The second-order valence-electron chi connectivity index (χ2n) is 5.20. The van der Waals surface area contributed by atoms with Crippen LogP contribution in [0.2, 0.25) is 0 Å². The van der Waals surface area contributed by atoms with Gasteiger partial charge in [0.25, 0.3) is 0 Å². The summed E-state index contributed by atoms with van der Waals surface area (Å²) < 4.78 is 27.0. The van der Waals surface area contributed by atoms with E-state index in [2.05, 4.69) is 20.7 Å². The number of aliphatic hydroxyl groups is 1. The molecule has 0 saturated heterocycles. The monoisotopic (exact) mass is 377 g/mol. The average molecular weight is 378 g/mol. The molecule has 0 unspecified atom stereocenters. The van der Waals surface area contributed by atoms with Gasteiger partial charge in [-0.2, -0.15) is 0 Å². The van der Waals surface area contributed by atoms with Crippen LogP contribution in [0.5, 0.6) is 0 Å². The van der Waals surface area contributed by atoms with Crippen LogP contribution in [-0.2, 0) is 10.0 Å². The van der Waals surface area contributed by atoms with Crippen LogP contribution < -0.4 is 4.72 Å². The molecule has 2 rings (SSSR count). The van der Waals surface area contributed by atoms with Gasteiger partial charge in [-0.1, -0.05) is 12.8 Å². The van der Waals surface area contributed by atoms with Crippen molar-refractivity contribution >= 4 is 31.9 Å². The Morgan fingerprint density at radius 2 is 1.95 bits per heavy atom. The molecule has 8 heteroatoms. The van der Waals surface area contributed by atoms with Crippen molar-refractivity contribution in [2.24, 2.45) is 0 Å². The molecule has 0 spiro atoms. The number of nitrogens with one attached hydrogen (secondary N) is 1. The zero-order valence-electron chi connectivity index (χ0n) is 11.2. The van der Waals surface area contributed by atoms with Gasteiger partial charge in [0, 0.05) is 11.0 Å². The Balaban J connectivity index is 2.19. The number of benzene rings is 1. The average Bonchev–Trinajstić information content (AvgIpc) is 2.84. The third-order valence-corrected chi connectivity index (χ3v) is 5.69. The molecular weight excluding hydrogens is 362 g/mol. The Morgan fingerprint density at radius 1 is 1.33 bits per heavy atom. The van der Waals surface area contributed by atoms with E-state index in [0.717, 1.165) is 18.9 Å². The Bertz CT molecular complexity index is 653. The quantitative estimate of drug-likeness (QED) is 0.724. The summed E-state index contributed by atoms with van der Waals surface area (Å²) in [6.45, 7) is -0.0617. The maximum Gasteiger partial charge on any atom is 0.336 e. The third-order valence-electron chi connectivity index (χ3n) is 3.60. The minimum atomic E-state index is -3.85. The number of aromatic carboxylic acids is 1. The van der Waals surface area contributed by atoms with Crippen molar-refractivity contribution in [3.8, 4) is 0 Å². The zero-order valence-corrected chi connectivity index (χ0v) is 13.6. The van der Waals surface area contributed by atoms with Crippen LogP contribution in [0.3, 0.4) is 0 Å². The van der Waals surface area contributed by atoms with Crippen molar-refractivity contribution in [3.05, 3.63) is 28.2 Å². The van der Waals surface area contributed by atoms with E-state index in [1.54, 1.807) is 0 Å². The van der Waals surface area contributed by atoms with Crippen molar-refractivity contribution in [3.63, 3.8) is 0 Å². The fourth-order valence-corrected chi connectivity index (χ4v) is 3.92. The summed E-state index contributed by atoms with van der Waals surface area (Å²) in [4.78, 5) is 10.9. The first-order valence-electron chi connectivity index (χ1n) is 6.48. The lowest BCUT2D eigenvalue weighted by Crippen LogP contribution is -2.40. The third kappa shape index (κ3) is 3.82. The van der Waals surface area contributed by atoms with E-state index in [4.69, 9.17) is 5.11 Å². The first kappa shape index (κ1) is 16.4. The minimum absolute atomic E-state index is 0.0617. The summed E-state index contributed by atoms with van der Waals surface area (Å²) >= 11 is 3.06. The Kier molecular flexibility index (Phi) is 4.72. The molecule has 1 aliphatic rings. The minimum Gasteiger partial charge on any atom is -0.478 e. The molecule has 116 valence electrons. The van der Waals surface area contributed by atoms with Gasteiger partial charge >= 0.3 is 5.97 Å². The highest BCUT2D eigenvalue weighted by atomic mass is 79.9. The number of hydrogen-bond acceptors (Lipinski definition) is 4. The number of hydrogen-bond donors (Lipinski definition) is 3. The zero-order chi connectivity index (χ0) is 15.7. The Morgan fingerprint density at radius 3 is 2.52 bits per heavy atom. The fraction of sp³-hybridized carbons (Fsp3) is 0.462. The van der Waals surface area contributed by atoms with Crippen LogP contribution in [0.1, 0.15) is 36.0 Å². The Hall–Kier alpha value is -0.960. The van der Waals surface area contributed by atoms with Gasteiger partial charge in [0.15, 0.2) is 0 Å². The van der Waals surface area contributed by atoms with E-state index >= 15 is 0 Å². The van der Waals surface area contributed by atoms with Crippen molar-refractivity contribution < 1.29 is 23.4 Å². The lowest BCUT2D eigenvalue weighted by molar-refractivity contribution is 0.0531. The van der Waals surface area contributed by atoms with Crippen molar-refractivity contribution in [1.29, 1.82) is 0 Å². The molecule has 0 aromatic heterocycles. The number of carbonyl (C=O) groups is 1. The normalized spacial score (nSPS) is 17.8. The van der Waals surface area contributed by atoms with Crippen LogP contribution in [0.4, 0.5) is 0 Å². The van der Waals surface area contributed by atoms with Gasteiger partial charge in [0.05, 0.1) is 16.1 Å². The van der Waals surface area contributed by atoms with Crippen LogP contribution >= 0.6 is 15.9 Å². The van der Waals surface area contributed by atoms with Crippen LogP contribution in [0, 0.1) is 0 Å². The van der Waals surface area contributed by atoms with Gasteiger partial charge in [0.1, 0.15) is 0 Å². The molecule has 0 amide bonds. The standard InChI is InChI=1S/C13H16BrNO5S/c14-11-4-3-9(7-10(11)12(16)17)21(19,20)15-8-13(18)5-1-2-6-13/h3-4,7,15,18H,1-2,5-6,8H2,(H,16,17). The van der Waals surface area contributed by atoms with E-state index < -0.39 is 21.6 Å². The number of rotatable bonds is 5. The number of halogens is 1. The van der Waals surface area contributed by atoms with E-state index in [1.807, 2.05) is 0 Å². The molecular formula is C13H16BrNO5S. The highest BCUT2D eigenvalue weighted by molar-refractivity contribution is 9.10. The van der Waals surface area contributed by atoms with Crippen LogP contribution in [-0.4, -0.2) is 36.7 Å². The molecule has 1 aromatic rings. The van der Waals surface area contributed by atoms with Gasteiger partial charge in [-0.3, -0.25) is 0 Å². The number of carboxylic acids is 1. The fourth-order valence-electron chi connectivity index (χ4n) is 2.36. The van der Waals surface area contributed by atoms with Gasteiger partial charge in [-0.25, -0.2) is 17.9 Å². The SMILES string of the molecule is O=C(O)c1cc(S(=O)(=O)NCC2(O)CCCC2)ccc1Br. The molecule has 21 heavy (non-hydrogen) atoms. The van der Waals surface area contributed by atoms with E-state index in [0.29, 0.717) is 17.3 Å². The summed E-state index contributed by atoms with van der Waals surface area (Å²) in [5.41, 5.74) is -1.13. The molecule has 0 bridgehead atoms. The molecule has 0 heterocycles. The molecule has 6 nitrogen and oxygen atoms in total. The van der Waals surface area contributed by atoms with Crippen molar-refractivity contribution in [1.82, 2.24) is 4.72 Å². The van der Waals surface area contributed by atoms with E-state index in [1.165, 1.54) is 12.1 Å². The van der Waals surface area contributed by atoms with E-state index in [-0.39, 0.29) is 17.0 Å². The molecule has 3 N–H and O–H groups in total. The predicted molar refractivity (Wildman–Crippen MR) is 79.7 cm³/mol. The predicted octanol–water partition coefficient (Wildman–Crippen LogP) is 1.73. The number of carboxylic acid groups (broad SMARTS) is 1. The maximum absolute atomic E-state index is 12.2. The van der Waals surface area contributed by atoms with Gasteiger partial charge in [0.2, 0.25) is 10.0 Å². The maximum atomic E-state index is 12.2. The second-order valence-corrected chi connectivity index (χ2v) is 7.82. The van der Waals surface area contributed by atoms with Crippen molar-refractivity contribution in [2.45, 2.75) is 36.2 Å². The Labute approximate surface area is 131 Å². The van der Waals surface area contributed by atoms with Crippen molar-refractivity contribution in [2.75, 3.05) is 6.54 Å². The lowest BCUT2D eigenvalue weighted by Gasteiger charge is -2.22. The first-order chi connectivity index (χ1) is 9.73. The summed E-state index contributed by atoms with van der Waals surface area (Å²) in [5, 5.41) is 19.2. The topological polar surface area (TPSA) is 104 Å². The van der Waals surface area contributed by atoms with Crippen LogP contribution in [0.25, 0.3) is 0 Å². The molecule has 0 radical (unpaired) electrons. The molecule has 0 atom stereocenters. The smallest absolute Gasteiger partial charge is 0.336 e. The van der Waals surface area contributed by atoms with Gasteiger partial charge in [-0.15, -0.1) is 0 Å².